The van der Waals surface area contributed by atoms with Crippen molar-refractivity contribution in [1.82, 2.24) is 0 Å². The van der Waals surface area contributed by atoms with Crippen molar-refractivity contribution in [3.63, 3.8) is 0 Å². The molecule has 1 nitrogen and oxygen atoms in total. The van der Waals surface area contributed by atoms with Crippen LogP contribution in [0.1, 0.15) is 17.2 Å². The highest BCUT2D eigenvalue weighted by atomic mass is 32.2. The van der Waals surface area contributed by atoms with Crippen LogP contribution < -0.4 is 5.73 Å². The van der Waals surface area contributed by atoms with Crippen LogP contribution in [0.25, 0.3) is 0 Å². The minimum Gasteiger partial charge on any atom is -0.330 e. The summed E-state index contributed by atoms with van der Waals surface area (Å²) < 4.78 is 1.36. The summed E-state index contributed by atoms with van der Waals surface area (Å²) in [4.78, 5) is 0. The van der Waals surface area contributed by atoms with Crippen molar-refractivity contribution in [2.45, 2.75) is 15.9 Å². The molecule has 2 rings (SSSR count). The standard InChI is InChI=1S/C13H15NS2/c14-9-8-12(11-5-2-1-3-6-11)16-13-7-4-10-15-13/h1-7,10,12H,8-9,14H2. The van der Waals surface area contributed by atoms with E-state index >= 15 is 0 Å². The lowest BCUT2D eigenvalue weighted by molar-refractivity contribution is 0.815. The molecular formula is C13H15NS2. The van der Waals surface area contributed by atoms with Crippen LogP contribution >= 0.6 is 23.1 Å². The van der Waals surface area contributed by atoms with Crippen LogP contribution in [0.5, 0.6) is 0 Å². The summed E-state index contributed by atoms with van der Waals surface area (Å²) in [5.74, 6) is 0. The van der Waals surface area contributed by atoms with Gasteiger partial charge in [-0.2, -0.15) is 0 Å². The summed E-state index contributed by atoms with van der Waals surface area (Å²) in [5.41, 5.74) is 7.05. The summed E-state index contributed by atoms with van der Waals surface area (Å²) in [6.45, 7) is 0.734. The zero-order chi connectivity index (χ0) is 11.2. The van der Waals surface area contributed by atoms with Crippen LogP contribution in [0.3, 0.4) is 0 Å². The highest BCUT2D eigenvalue weighted by Gasteiger charge is 2.12. The van der Waals surface area contributed by atoms with E-state index in [1.807, 2.05) is 11.8 Å². The minimum absolute atomic E-state index is 0.477. The molecule has 2 aromatic rings. The molecule has 2 N–H and O–H groups in total. The number of hydrogen-bond acceptors (Lipinski definition) is 3. The van der Waals surface area contributed by atoms with Crippen LogP contribution in [0.2, 0.25) is 0 Å². The van der Waals surface area contributed by atoms with Crippen molar-refractivity contribution in [1.29, 1.82) is 0 Å². The fourth-order valence-electron chi connectivity index (χ4n) is 1.58. The first-order valence-corrected chi connectivity index (χ1v) is 7.11. The maximum atomic E-state index is 5.69. The van der Waals surface area contributed by atoms with Gasteiger partial charge >= 0.3 is 0 Å². The number of nitrogens with two attached hydrogens (primary N) is 1. The van der Waals surface area contributed by atoms with Gasteiger partial charge in [-0.05, 0) is 30.0 Å². The van der Waals surface area contributed by atoms with E-state index in [0.717, 1.165) is 13.0 Å². The first-order valence-electron chi connectivity index (χ1n) is 5.35. The molecule has 1 heterocycles. The molecule has 3 heteroatoms. The predicted octanol–water partition coefficient (Wildman–Crippen LogP) is 3.93. The average Bonchev–Trinajstić information content (AvgIpc) is 2.83. The van der Waals surface area contributed by atoms with E-state index in [0.29, 0.717) is 5.25 Å². The average molecular weight is 249 g/mol. The van der Waals surface area contributed by atoms with Gasteiger partial charge in [0.25, 0.3) is 0 Å². The van der Waals surface area contributed by atoms with E-state index in [1.54, 1.807) is 11.3 Å². The van der Waals surface area contributed by atoms with Gasteiger partial charge in [0.15, 0.2) is 0 Å². The van der Waals surface area contributed by atoms with Gasteiger partial charge in [-0.3, -0.25) is 0 Å². The third-order valence-electron chi connectivity index (χ3n) is 2.35. The fourth-order valence-corrected chi connectivity index (χ4v) is 3.75. The Morgan fingerprint density at radius 3 is 2.56 bits per heavy atom. The molecule has 0 spiro atoms. The lowest BCUT2D eigenvalue weighted by atomic mass is 10.1. The molecule has 1 aromatic heterocycles. The van der Waals surface area contributed by atoms with Crippen LogP contribution in [-0.4, -0.2) is 6.54 Å². The molecule has 0 aliphatic rings. The van der Waals surface area contributed by atoms with Crippen LogP contribution in [0, 0.1) is 0 Å². The highest BCUT2D eigenvalue weighted by Crippen LogP contribution is 2.39. The predicted molar refractivity (Wildman–Crippen MR) is 73.0 cm³/mol. The van der Waals surface area contributed by atoms with E-state index < -0.39 is 0 Å². The Balaban J connectivity index is 2.11. The van der Waals surface area contributed by atoms with E-state index in [2.05, 4.69) is 47.8 Å². The second-order valence-corrected chi connectivity index (χ2v) is 5.98. The third-order valence-corrected chi connectivity index (χ3v) is 4.75. The molecule has 0 saturated carbocycles. The highest BCUT2D eigenvalue weighted by molar-refractivity contribution is 8.01. The Labute approximate surface area is 105 Å². The molecule has 0 radical (unpaired) electrons. The monoisotopic (exact) mass is 249 g/mol. The molecule has 1 aromatic carbocycles. The SMILES string of the molecule is NCCC(Sc1cccs1)c1ccccc1. The van der Waals surface area contributed by atoms with Gasteiger partial charge in [0.05, 0.1) is 4.21 Å². The normalized spacial score (nSPS) is 12.6. The zero-order valence-electron chi connectivity index (χ0n) is 9.00. The minimum atomic E-state index is 0.477. The van der Waals surface area contributed by atoms with Gasteiger partial charge in [0.1, 0.15) is 0 Å². The van der Waals surface area contributed by atoms with Gasteiger partial charge in [0, 0.05) is 5.25 Å². The second-order valence-electron chi connectivity index (χ2n) is 3.53. The number of thioether (sulfide) groups is 1. The fraction of sp³-hybridized carbons (Fsp3) is 0.231. The van der Waals surface area contributed by atoms with Crippen LogP contribution in [0.4, 0.5) is 0 Å². The van der Waals surface area contributed by atoms with E-state index in [-0.39, 0.29) is 0 Å². The Kier molecular flexibility index (Phi) is 4.45. The lowest BCUT2D eigenvalue weighted by Gasteiger charge is -2.14. The molecular weight excluding hydrogens is 234 g/mol. The molecule has 0 amide bonds. The van der Waals surface area contributed by atoms with E-state index in [4.69, 9.17) is 5.73 Å². The molecule has 0 aliphatic carbocycles. The quantitative estimate of drug-likeness (QED) is 0.813. The molecule has 0 aliphatic heterocycles. The van der Waals surface area contributed by atoms with Crippen molar-refractivity contribution in [3.05, 3.63) is 53.4 Å². The Hall–Kier alpha value is -0.770. The summed E-state index contributed by atoms with van der Waals surface area (Å²) in [7, 11) is 0. The molecule has 1 unspecified atom stereocenters. The topological polar surface area (TPSA) is 26.0 Å². The summed E-state index contributed by atoms with van der Waals surface area (Å²) in [5, 5.41) is 2.59. The van der Waals surface area contributed by atoms with Gasteiger partial charge in [-0.1, -0.05) is 36.4 Å². The second kappa shape index (κ2) is 6.09. The van der Waals surface area contributed by atoms with Crippen LogP contribution in [-0.2, 0) is 0 Å². The van der Waals surface area contributed by atoms with Crippen molar-refractivity contribution >= 4 is 23.1 Å². The van der Waals surface area contributed by atoms with Crippen LogP contribution in [0.15, 0.2) is 52.1 Å². The summed E-state index contributed by atoms with van der Waals surface area (Å²) in [6.07, 6.45) is 1.02. The molecule has 0 saturated heterocycles. The molecule has 1 atom stereocenters. The first kappa shape index (κ1) is 11.7. The number of thiophene rings is 1. The number of rotatable bonds is 5. The first-order chi connectivity index (χ1) is 7.90. The molecule has 0 fully saturated rings. The molecule has 16 heavy (non-hydrogen) atoms. The van der Waals surface area contributed by atoms with Gasteiger partial charge < -0.3 is 5.73 Å². The van der Waals surface area contributed by atoms with E-state index in [1.165, 1.54) is 9.77 Å². The zero-order valence-corrected chi connectivity index (χ0v) is 10.6. The summed E-state index contributed by atoms with van der Waals surface area (Å²) in [6, 6.07) is 14.9. The van der Waals surface area contributed by atoms with Gasteiger partial charge in [-0.15, -0.1) is 23.1 Å². The number of benzene rings is 1. The summed E-state index contributed by atoms with van der Waals surface area (Å²) >= 11 is 3.71. The van der Waals surface area contributed by atoms with Crippen molar-refractivity contribution in [2.75, 3.05) is 6.54 Å². The van der Waals surface area contributed by atoms with E-state index in [9.17, 15) is 0 Å². The van der Waals surface area contributed by atoms with Crippen molar-refractivity contribution in [3.8, 4) is 0 Å². The molecule has 84 valence electrons. The largest absolute Gasteiger partial charge is 0.330 e. The van der Waals surface area contributed by atoms with Crippen molar-refractivity contribution in [2.24, 2.45) is 5.73 Å². The smallest absolute Gasteiger partial charge is 0.0604 e. The van der Waals surface area contributed by atoms with Gasteiger partial charge in [0.2, 0.25) is 0 Å². The Morgan fingerprint density at radius 1 is 1.12 bits per heavy atom. The Bertz CT molecular complexity index is 397. The molecule has 0 bridgehead atoms. The number of hydrogen-bond donors (Lipinski definition) is 1. The maximum absolute atomic E-state index is 5.69. The van der Waals surface area contributed by atoms with Gasteiger partial charge in [-0.25, -0.2) is 0 Å². The Morgan fingerprint density at radius 2 is 1.94 bits per heavy atom. The van der Waals surface area contributed by atoms with Crippen molar-refractivity contribution < 1.29 is 0 Å². The maximum Gasteiger partial charge on any atom is 0.0604 e. The third kappa shape index (κ3) is 3.11. The lowest BCUT2D eigenvalue weighted by Crippen LogP contribution is -2.04.